The molecule has 0 atom stereocenters. The second-order valence-electron chi connectivity index (χ2n) is 6.59. The number of Topliss-reactive ketones (excluding diaryl/α,β-unsaturated/α-hetero) is 1. The molecule has 1 fully saturated rings. The molecule has 0 radical (unpaired) electrons. The van der Waals surface area contributed by atoms with Crippen LogP contribution < -0.4 is 0 Å². The number of aryl methyl sites for hydroxylation is 1. The van der Waals surface area contributed by atoms with Gasteiger partial charge in [-0.2, -0.15) is 0 Å². The van der Waals surface area contributed by atoms with E-state index in [1.54, 1.807) is 0 Å². The highest BCUT2D eigenvalue weighted by atomic mass is 79.9. The van der Waals surface area contributed by atoms with Crippen molar-refractivity contribution < 1.29 is 4.79 Å². The summed E-state index contributed by atoms with van der Waals surface area (Å²) in [5.74, 6) is 1.93. The van der Waals surface area contributed by atoms with Gasteiger partial charge >= 0.3 is 0 Å². The van der Waals surface area contributed by atoms with Crippen LogP contribution in [0.15, 0.2) is 40.0 Å². The van der Waals surface area contributed by atoms with Crippen molar-refractivity contribution in [1.29, 1.82) is 0 Å². The van der Waals surface area contributed by atoms with Crippen molar-refractivity contribution in [3.63, 3.8) is 0 Å². The quantitative estimate of drug-likeness (QED) is 0.449. The second kappa shape index (κ2) is 7.04. The molecule has 134 valence electrons. The second-order valence-corrected chi connectivity index (χ2v) is 8.45. The number of nitrogens with one attached hydrogen (secondary N) is 1. The van der Waals surface area contributed by atoms with Gasteiger partial charge in [-0.3, -0.25) is 9.89 Å². The Kier molecular flexibility index (Phi) is 4.75. The zero-order valence-electron chi connectivity index (χ0n) is 14.6. The van der Waals surface area contributed by atoms with Gasteiger partial charge in [0.25, 0.3) is 0 Å². The predicted octanol–water partition coefficient (Wildman–Crippen LogP) is 4.83. The number of aromatic nitrogens is 4. The minimum Gasteiger partial charge on any atom is -0.318 e. The van der Waals surface area contributed by atoms with E-state index in [1.807, 2.05) is 38.1 Å². The van der Waals surface area contributed by atoms with Gasteiger partial charge in [-0.15, -0.1) is 5.10 Å². The number of aromatic amines is 1. The molecule has 0 amide bonds. The Bertz CT molecular complexity index is 974. The van der Waals surface area contributed by atoms with E-state index in [0.717, 1.165) is 32.9 Å². The van der Waals surface area contributed by atoms with E-state index in [2.05, 4.69) is 41.7 Å². The number of ketones is 1. The highest BCUT2D eigenvalue weighted by Crippen LogP contribution is 2.38. The summed E-state index contributed by atoms with van der Waals surface area (Å²) in [6.45, 7) is 4.01. The van der Waals surface area contributed by atoms with Gasteiger partial charge in [-0.25, -0.2) is 4.98 Å². The summed E-state index contributed by atoms with van der Waals surface area (Å²) >= 11 is 4.90. The zero-order chi connectivity index (χ0) is 18.3. The summed E-state index contributed by atoms with van der Waals surface area (Å²) < 4.78 is 3.13. The highest BCUT2D eigenvalue weighted by molar-refractivity contribution is 9.10. The van der Waals surface area contributed by atoms with E-state index >= 15 is 0 Å². The lowest BCUT2D eigenvalue weighted by molar-refractivity contribution is 0.102. The highest BCUT2D eigenvalue weighted by Gasteiger charge is 2.27. The average molecular weight is 431 g/mol. The van der Waals surface area contributed by atoms with Crippen molar-refractivity contribution >= 4 is 33.5 Å². The van der Waals surface area contributed by atoms with Crippen molar-refractivity contribution in [3.05, 3.63) is 57.6 Å². The first-order chi connectivity index (χ1) is 12.5. The lowest BCUT2D eigenvalue weighted by Gasteiger charge is -2.10. The fourth-order valence-electron chi connectivity index (χ4n) is 3.13. The molecule has 1 saturated carbocycles. The van der Waals surface area contributed by atoms with Crippen LogP contribution in [-0.4, -0.2) is 31.3 Å². The Labute approximate surface area is 164 Å². The maximum atomic E-state index is 12.7. The molecule has 1 aliphatic rings. The Hall–Kier alpha value is -1.86. The maximum absolute atomic E-state index is 12.7. The van der Waals surface area contributed by atoms with E-state index < -0.39 is 0 Å². The first kappa shape index (κ1) is 17.5. The number of carbonyl (C=O) groups excluding carboxylic acids is 1. The summed E-state index contributed by atoms with van der Waals surface area (Å²) in [5.41, 5.74) is 3.81. The Balaban J connectivity index is 1.51. The lowest BCUT2D eigenvalue weighted by Crippen LogP contribution is -2.05. The number of H-pyrrole nitrogens is 1. The number of thioether (sulfide) groups is 1. The van der Waals surface area contributed by atoms with Gasteiger partial charge in [-0.1, -0.05) is 33.8 Å². The molecule has 0 aliphatic heterocycles. The SMILES string of the molecule is Cc1cc(C(=O)CSc2n[nH]c(C3CC3)n2)c(C)n1-c1cccc(Br)c1. The molecule has 7 heteroatoms. The van der Waals surface area contributed by atoms with E-state index in [1.165, 1.54) is 24.6 Å². The Morgan fingerprint density at radius 3 is 2.88 bits per heavy atom. The molecular formula is C19H19BrN4OS. The predicted molar refractivity (Wildman–Crippen MR) is 106 cm³/mol. The van der Waals surface area contributed by atoms with Crippen molar-refractivity contribution in [2.45, 2.75) is 37.8 Å². The zero-order valence-corrected chi connectivity index (χ0v) is 17.0. The molecule has 4 rings (SSSR count). The van der Waals surface area contributed by atoms with Gasteiger partial charge in [0.15, 0.2) is 5.78 Å². The lowest BCUT2D eigenvalue weighted by atomic mass is 10.2. The number of hydrogen-bond donors (Lipinski definition) is 1. The van der Waals surface area contributed by atoms with Crippen molar-refractivity contribution in [1.82, 2.24) is 19.7 Å². The normalized spacial score (nSPS) is 14.0. The molecule has 2 heterocycles. The van der Waals surface area contributed by atoms with E-state index in [-0.39, 0.29) is 5.78 Å². The van der Waals surface area contributed by atoms with E-state index in [9.17, 15) is 4.79 Å². The molecule has 26 heavy (non-hydrogen) atoms. The fourth-order valence-corrected chi connectivity index (χ4v) is 4.20. The fraction of sp³-hybridized carbons (Fsp3) is 0.316. The smallest absolute Gasteiger partial charge is 0.208 e. The largest absolute Gasteiger partial charge is 0.318 e. The molecule has 0 spiro atoms. The summed E-state index contributed by atoms with van der Waals surface area (Å²) in [5, 5.41) is 7.84. The van der Waals surface area contributed by atoms with Crippen LogP contribution in [0.2, 0.25) is 0 Å². The number of halogens is 1. The van der Waals surface area contributed by atoms with E-state index in [4.69, 9.17) is 0 Å². The molecule has 5 nitrogen and oxygen atoms in total. The van der Waals surface area contributed by atoms with Crippen molar-refractivity contribution in [2.75, 3.05) is 5.75 Å². The summed E-state index contributed by atoms with van der Waals surface area (Å²) in [4.78, 5) is 17.2. The number of benzene rings is 1. The minimum absolute atomic E-state index is 0.0992. The van der Waals surface area contributed by atoms with Crippen LogP contribution in [0.3, 0.4) is 0 Å². The number of hydrogen-bond acceptors (Lipinski definition) is 4. The average Bonchev–Trinajstić information content (AvgIpc) is 3.28. The molecule has 2 aromatic heterocycles. The van der Waals surface area contributed by atoms with Gasteiger partial charge in [0.05, 0.1) is 5.75 Å². The number of rotatable bonds is 6. The van der Waals surface area contributed by atoms with E-state index in [0.29, 0.717) is 16.8 Å². The number of nitrogens with zero attached hydrogens (tertiary/aromatic N) is 3. The van der Waals surface area contributed by atoms with Crippen LogP contribution in [0.4, 0.5) is 0 Å². The third-order valence-corrected chi connectivity index (χ3v) is 5.92. The number of carbonyl (C=O) groups is 1. The van der Waals surface area contributed by atoms with Gasteiger partial charge < -0.3 is 4.57 Å². The van der Waals surface area contributed by atoms with Crippen LogP contribution in [0.1, 0.15) is 46.3 Å². The van der Waals surface area contributed by atoms with Gasteiger partial charge in [0.1, 0.15) is 5.82 Å². The third-order valence-electron chi connectivity index (χ3n) is 4.58. The van der Waals surface area contributed by atoms with Gasteiger partial charge in [-0.05, 0) is 51.0 Å². The Morgan fingerprint density at radius 2 is 2.15 bits per heavy atom. The van der Waals surface area contributed by atoms with Crippen molar-refractivity contribution in [3.8, 4) is 5.69 Å². The Morgan fingerprint density at radius 1 is 1.35 bits per heavy atom. The molecule has 1 N–H and O–H groups in total. The monoisotopic (exact) mass is 430 g/mol. The molecule has 1 aromatic carbocycles. The van der Waals surface area contributed by atoms with Crippen molar-refractivity contribution in [2.24, 2.45) is 0 Å². The molecular weight excluding hydrogens is 412 g/mol. The van der Waals surface area contributed by atoms with Gasteiger partial charge in [0, 0.05) is 33.0 Å². The van der Waals surface area contributed by atoms with Crippen LogP contribution in [0.5, 0.6) is 0 Å². The maximum Gasteiger partial charge on any atom is 0.208 e. The molecule has 1 aliphatic carbocycles. The molecule has 3 aromatic rings. The molecule has 0 bridgehead atoms. The van der Waals surface area contributed by atoms with Crippen LogP contribution in [0.25, 0.3) is 5.69 Å². The summed E-state index contributed by atoms with van der Waals surface area (Å²) in [6.07, 6.45) is 2.36. The molecule has 0 saturated heterocycles. The van der Waals surface area contributed by atoms with Gasteiger partial charge in [0.2, 0.25) is 5.16 Å². The standard InChI is InChI=1S/C19H19BrN4OS/c1-11-8-16(12(2)24(11)15-5-3-4-14(20)9-15)17(25)10-26-19-21-18(22-23-19)13-6-7-13/h3-5,8-9,13H,6-7,10H2,1-2H3,(H,21,22,23). The van der Waals surface area contributed by atoms with Crippen LogP contribution >= 0.6 is 27.7 Å². The minimum atomic E-state index is 0.0992. The molecule has 0 unspecified atom stereocenters. The third kappa shape index (κ3) is 3.50. The topological polar surface area (TPSA) is 63.6 Å². The first-order valence-electron chi connectivity index (χ1n) is 8.56. The summed E-state index contributed by atoms with van der Waals surface area (Å²) in [6, 6.07) is 10.0. The summed E-state index contributed by atoms with van der Waals surface area (Å²) in [7, 11) is 0. The van der Waals surface area contributed by atoms with Crippen LogP contribution in [-0.2, 0) is 0 Å². The first-order valence-corrected chi connectivity index (χ1v) is 10.3. The van der Waals surface area contributed by atoms with Crippen LogP contribution in [0, 0.1) is 13.8 Å².